The van der Waals surface area contributed by atoms with Crippen molar-refractivity contribution in [1.29, 1.82) is 0 Å². The van der Waals surface area contributed by atoms with Gasteiger partial charge in [0.1, 0.15) is 0 Å². The molecule has 2 rings (SSSR count). The van der Waals surface area contributed by atoms with Crippen LogP contribution in [-0.2, 0) is 9.84 Å². The Hall–Kier alpha value is -0.840. The van der Waals surface area contributed by atoms with Crippen molar-refractivity contribution >= 4 is 27.0 Å². The first-order valence-corrected chi connectivity index (χ1v) is 6.84. The third-order valence-electron chi connectivity index (χ3n) is 2.43. The van der Waals surface area contributed by atoms with E-state index in [4.69, 9.17) is 17.3 Å². The molecular weight excluding hydrogens is 246 g/mol. The van der Waals surface area contributed by atoms with Crippen LogP contribution in [0.4, 0.5) is 0 Å². The Balaban J connectivity index is 2.57. The Morgan fingerprint density at radius 1 is 1.44 bits per heavy atom. The number of benzene rings is 1. The lowest BCUT2D eigenvalue weighted by molar-refractivity contribution is 0.605. The van der Waals surface area contributed by atoms with Crippen LogP contribution in [0.1, 0.15) is 18.9 Å². The third-order valence-corrected chi connectivity index (χ3v) is 4.23. The molecular formula is C11H12ClNO2S. The van der Waals surface area contributed by atoms with Crippen molar-refractivity contribution < 1.29 is 8.42 Å². The van der Waals surface area contributed by atoms with E-state index in [1.165, 1.54) is 11.5 Å². The second kappa shape index (κ2) is 3.87. The lowest BCUT2D eigenvalue weighted by Crippen LogP contribution is -2.14. The van der Waals surface area contributed by atoms with Gasteiger partial charge in [0.05, 0.1) is 4.90 Å². The fourth-order valence-corrected chi connectivity index (χ4v) is 3.47. The molecule has 1 heterocycles. The molecule has 1 unspecified atom stereocenters. The van der Waals surface area contributed by atoms with Gasteiger partial charge in [0.2, 0.25) is 9.84 Å². The molecule has 5 heteroatoms. The molecule has 1 atom stereocenters. The van der Waals surface area contributed by atoms with Gasteiger partial charge in [-0.2, -0.15) is 0 Å². The highest BCUT2D eigenvalue weighted by Gasteiger charge is 2.27. The van der Waals surface area contributed by atoms with E-state index in [1.807, 2.05) is 6.92 Å². The first-order chi connectivity index (χ1) is 7.40. The fourth-order valence-electron chi connectivity index (χ4n) is 1.82. The zero-order chi connectivity index (χ0) is 11.9. The molecule has 1 aliphatic rings. The highest BCUT2D eigenvalue weighted by molar-refractivity contribution is 7.95. The highest BCUT2D eigenvalue weighted by Crippen LogP contribution is 2.37. The third kappa shape index (κ3) is 2.00. The number of halogens is 1. The van der Waals surface area contributed by atoms with E-state index < -0.39 is 9.84 Å². The minimum Gasteiger partial charge on any atom is -0.328 e. The zero-order valence-corrected chi connectivity index (χ0v) is 10.3. The van der Waals surface area contributed by atoms with Crippen LogP contribution >= 0.6 is 11.6 Å². The second-order valence-corrected chi connectivity index (χ2v) is 6.21. The molecule has 1 aromatic carbocycles. The van der Waals surface area contributed by atoms with Crippen LogP contribution in [-0.4, -0.2) is 14.5 Å². The monoisotopic (exact) mass is 257 g/mol. The minimum absolute atomic E-state index is 0.0774. The number of hydrogen-bond acceptors (Lipinski definition) is 3. The van der Waals surface area contributed by atoms with E-state index in [2.05, 4.69) is 0 Å². The summed E-state index contributed by atoms with van der Waals surface area (Å²) in [4.78, 5) is 0.326. The van der Waals surface area contributed by atoms with Crippen LogP contribution < -0.4 is 5.73 Å². The van der Waals surface area contributed by atoms with Gasteiger partial charge < -0.3 is 5.73 Å². The Bertz CT molecular complexity index is 561. The van der Waals surface area contributed by atoms with Gasteiger partial charge in [-0.15, -0.1) is 0 Å². The van der Waals surface area contributed by atoms with Crippen molar-refractivity contribution in [2.24, 2.45) is 5.73 Å². The van der Waals surface area contributed by atoms with Gasteiger partial charge in [-0.05, 0) is 42.7 Å². The second-order valence-electron chi connectivity index (χ2n) is 4.01. The molecule has 0 aromatic heterocycles. The normalized spacial score (nSPS) is 19.1. The summed E-state index contributed by atoms with van der Waals surface area (Å²) in [6.07, 6.45) is 0.534. The standard InChI is InChI=1S/C11H12ClNO2S/c1-7(13)4-8-6-16(14,15)11-3-2-9(12)5-10(8)11/h2-3,5-7H,4,13H2,1H3. The van der Waals surface area contributed by atoms with Gasteiger partial charge in [-0.1, -0.05) is 11.6 Å². The Morgan fingerprint density at radius 3 is 2.75 bits per heavy atom. The molecule has 3 nitrogen and oxygen atoms in total. The average molecular weight is 258 g/mol. The summed E-state index contributed by atoms with van der Waals surface area (Å²) in [5.74, 6) is 0. The zero-order valence-electron chi connectivity index (χ0n) is 8.77. The summed E-state index contributed by atoms with van der Waals surface area (Å²) >= 11 is 5.87. The van der Waals surface area contributed by atoms with E-state index >= 15 is 0 Å². The van der Waals surface area contributed by atoms with Crippen LogP contribution in [0.2, 0.25) is 5.02 Å². The van der Waals surface area contributed by atoms with Crippen LogP contribution in [0.15, 0.2) is 28.5 Å². The van der Waals surface area contributed by atoms with Crippen molar-refractivity contribution in [1.82, 2.24) is 0 Å². The van der Waals surface area contributed by atoms with E-state index in [-0.39, 0.29) is 6.04 Å². The van der Waals surface area contributed by atoms with Crippen LogP contribution in [0.25, 0.3) is 5.57 Å². The largest absolute Gasteiger partial charge is 0.328 e. The summed E-state index contributed by atoms with van der Waals surface area (Å²) < 4.78 is 23.6. The average Bonchev–Trinajstić information content (AvgIpc) is 2.37. The maximum atomic E-state index is 11.8. The van der Waals surface area contributed by atoms with Gasteiger partial charge in [0.15, 0.2) is 0 Å². The molecule has 0 saturated carbocycles. The SMILES string of the molecule is CC(N)CC1=CS(=O)(=O)c2ccc(Cl)cc21. The topological polar surface area (TPSA) is 60.2 Å². The molecule has 0 spiro atoms. The molecule has 0 fully saturated rings. The number of hydrogen-bond donors (Lipinski definition) is 1. The summed E-state index contributed by atoms with van der Waals surface area (Å²) in [6, 6.07) is 4.72. The minimum atomic E-state index is -3.29. The molecule has 0 amide bonds. The highest BCUT2D eigenvalue weighted by atomic mass is 35.5. The molecule has 0 aliphatic carbocycles. The molecule has 16 heavy (non-hydrogen) atoms. The van der Waals surface area contributed by atoms with Crippen molar-refractivity contribution in [3.05, 3.63) is 34.2 Å². The molecule has 0 radical (unpaired) electrons. The Kier molecular flexibility index (Phi) is 2.82. The van der Waals surface area contributed by atoms with Crippen LogP contribution in [0, 0.1) is 0 Å². The van der Waals surface area contributed by atoms with Gasteiger partial charge in [-0.25, -0.2) is 8.42 Å². The number of rotatable bonds is 2. The van der Waals surface area contributed by atoms with Gasteiger partial charge >= 0.3 is 0 Å². The summed E-state index contributed by atoms with van der Waals surface area (Å²) in [6.45, 7) is 1.84. The molecule has 0 saturated heterocycles. The summed E-state index contributed by atoms with van der Waals surface area (Å²) in [5, 5.41) is 1.82. The van der Waals surface area contributed by atoms with Gasteiger partial charge in [0, 0.05) is 16.5 Å². The molecule has 1 aliphatic heterocycles. The maximum Gasteiger partial charge on any atom is 0.200 e. The Morgan fingerprint density at radius 2 is 2.12 bits per heavy atom. The van der Waals surface area contributed by atoms with E-state index in [0.717, 1.165) is 5.57 Å². The lowest BCUT2D eigenvalue weighted by atomic mass is 10.0. The predicted octanol–water partition coefficient (Wildman–Crippen LogP) is 2.21. The first-order valence-electron chi connectivity index (χ1n) is 4.91. The van der Waals surface area contributed by atoms with Crippen molar-refractivity contribution in [2.45, 2.75) is 24.3 Å². The molecule has 0 bridgehead atoms. The molecule has 1 aromatic rings. The number of fused-ring (bicyclic) bond motifs is 1. The molecule has 86 valence electrons. The van der Waals surface area contributed by atoms with E-state index in [0.29, 0.717) is 21.9 Å². The smallest absolute Gasteiger partial charge is 0.200 e. The lowest BCUT2D eigenvalue weighted by Gasteiger charge is -2.07. The van der Waals surface area contributed by atoms with E-state index in [1.54, 1.807) is 12.1 Å². The fraction of sp³-hybridized carbons (Fsp3) is 0.273. The van der Waals surface area contributed by atoms with Crippen LogP contribution in [0.5, 0.6) is 0 Å². The first kappa shape index (κ1) is 11.6. The predicted molar refractivity (Wildman–Crippen MR) is 64.9 cm³/mol. The summed E-state index contributed by atoms with van der Waals surface area (Å²) in [7, 11) is -3.29. The molecule has 2 N–H and O–H groups in total. The number of nitrogens with two attached hydrogens (primary N) is 1. The van der Waals surface area contributed by atoms with Crippen LogP contribution in [0.3, 0.4) is 0 Å². The van der Waals surface area contributed by atoms with Crippen molar-refractivity contribution in [3.63, 3.8) is 0 Å². The summed E-state index contributed by atoms with van der Waals surface area (Å²) in [5.41, 5.74) is 7.12. The van der Waals surface area contributed by atoms with Crippen molar-refractivity contribution in [2.75, 3.05) is 0 Å². The van der Waals surface area contributed by atoms with E-state index in [9.17, 15) is 8.42 Å². The Labute approximate surface area is 99.8 Å². The van der Waals surface area contributed by atoms with Gasteiger partial charge in [-0.3, -0.25) is 0 Å². The quantitative estimate of drug-likeness (QED) is 0.884. The number of sulfone groups is 1. The maximum absolute atomic E-state index is 11.8. The van der Waals surface area contributed by atoms with Gasteiger partial charge in [0.25, 0.3) is 0 Å². The van der Waals surface area contributed by atoms with Crippen molar-refractivity contribution in [3.8, 4) is 0 Å².